The average Bonchev–Trinajstić information content (AvgIpc) is 3.33. The molecule has 0 bridgehead atoms. The minimum absolute atomic E-state index is 0.0522. The van der Waals surface area contributed by atoms with Crippen LogP contribution in [0.3, 0.4) is 0 Å². The number of rotatable bonds is 5. The molecule has 3 aromatic rings. The molecule has 2 amide bonds. The Kier molecular flexibility index (Phi) is 5.79. The second-order valence-corrected chi connectivity index (χ2v) is 8.36. The Bertz CT molecular complexity index is 1150. The molecule has 0 aliphatic heterocycles. The number of carbonyl (C=O) groups is 2. The van der Waals surface area contributed by atoms with E-state index >= 15 is 0 Å². The molecule has 0 unspecified atom stereocenters. The summed E-state index contributed by atoms with van der Waals surface area (Å²) >= 11 is 7.35. The maximum atomic E-state index is 13.1. The normalized spacial score (nSPS) is 12.7. The molecule has 0 atom stereocenters. The molecule has 30 heavy (non-hydrogen) atoms. The molecular weight excluding hydrogens is 424 g/mol. The van der Waals surface area contributed by atoms with Crippen LogP contribution >= 0.6 is 22.9 Å². The van der Waals surface area contributed by atoms with E-state index in [4.69, 9.17) is 16.9 Å². The minimum Gasteiger partial charge on any atom is -0.322 e. The van der Waals surface area contributed by atoms with E-state index in [0.29, 0.717) is 21.3 Å². The summed E-state index contributed by atoms with van der Waals surface area (Å²) in [6, 6.07) is 8.75. The number of fused-ring (bicyclic) bond motifs is 1. The second-order valence-electron chi connectivity index (χ2n) is 6.82. The highest BCUT2D eigenvalue weighted by Gasteiger charge is 2.26. The third-order valence-corrected chi connectivity index (χ3v) is 6.24. The third-order valence-electron chi connectivity index (χ3n) is 4.78. The second kappa shape index (κ2) is 8.65. The third kappa shape index (κ3) is 4.20. The summed E-state index contributed by atoms with van der Waals surface area (Å²) in [5.41, 5.74) is 2.12. The summed E-state index contributed by atoms with van der Waals surface area (Å²) in [6.45, 7) is -0.114. The van der Waals surface area contributed by atoms with E-state index in [2.05, 4.69) is 20.8 Å². The van der Waals surface area contributed by atoms with Crippen molar-refractivity contribution >= 4 is 45.4 Å². The summed E-state index contributed by atoms with van der Waals surface area (Å²) in [4.78, 5) is 26.8. The Labute approximate surface area is 181 Å². The maximum Gasteiger partial charge on any atom is 0.258 e. The van der Waals surface area contributed by atoms with Gasteiger partial charge in [0.25, 0.3) is 5.91 Å². The number of nitrogens with zero attached hydrogens (tertiary/aromatic N) is 4. The molecule has 2 N–H and O–H groups in total. The molecule has 0 spiro atoms. The molecule has 0 saturated heterocycles. The quantitative estimate of drug-likeness (QED) is 0.628. The van der Waals surface area contributed by atoms with Crippen LogP contribution in [0.5, 0.6) is 0 Å². The van der Waals surface area contributed by atoms with Gasteiger partial charge in [0.2, 0.25) is 11.7 Å². The number of amides is 2. The van der Waals surface area contributed by atoms with Crippen LogP contribution in [-0.2, 0) is 24.2 Å². The molecule has 2 aromatic heterocycles. The standard InChI is InChI=1S/C20H17ClN6O2S/c21-12-5-7-13(8-6-12)24-19(29)18-14-3-1-2-4-15(14)30-20(18)25-17(28)10-27-11-23-26-16(27)9-22/h5-8,11H,1-4,10H2,(H,24,29)(H,25,28). The minimum atomic E-state index is -0.356. The first-order chi connectivity index (χ1) is 14.5. The Morgan fingerprint density at radius 2 is 1.97 bits per heavy atom. The van der Waals surface area contributed by atoms with Gasteiger partial charge in [-0.1, -0.05) is 11.6 Å². The van der Waals surface area contributed by atoms with E-state index in [1.54, 1.807) is 24.3 Å². The zero-order valence-corrected chi connectivity index (χ0v) is 17.4. The first kappa shape index (κ1) is 20.1. The van der Waals surface area contributed by atoms with Gasteiger partial charge in [0.05, 0.1) is 5.56 Å². The molecule has 152 valence electrons. The Balaban J connectivity index is 1.59. The van der Waals surface area contributed by atoms with Crippen LogP contribution in [0.25, 0.3) is 0 Å². The van der Waals surface area contributed by atoms with Crippen molar-refractivity contribution in [3.63, 3.8) is 0 Å². The van der Waals surface area contributed by atoms with Gasteiger partial charge in [0.1, 0.15) is 23.9 Å². The van der Waals surface area contributed by atoms with Gasteiger partial charge in [-0.2, -0.15) is 5.26 Å². The Morgan fingerprint density at radius 3 is 2.73 bits per heavy atom. The Morgan fingerprint density at radius 1 is 1.20 bits per heavy atom. The number of hydrogen-bond donors (Lipinski definition) is 2. The van der Waals surface area contributed by atoms with Gasteiger partial charge in [0.15, 0.2) is 0 Å². The zero-order valence-electron chi connectivity index (χ0n) is 15.8. The average molecular weight is 441 g/mol. The van der Waals surface area contributed by atoms with Gasteiger partial charge in [0, 0.05) is 15.6 Å². The smallest absolute Gasteiger partial charge is 0.258 e. The fourth-order valence-electron chi connectivity index (χ4n) is 3.40. The van der Waals surface area contributed by atoms with Gasteiger partial charge >= 0.3 is 0 Å². The topological polar surface area (TPSA) is 113 Å². The predicted octanol–water partition coefficient (Wildman–Crippen LogP) is 3.63. The molecule has 0 radical (unpaired) electrons. The lowest BCUT2D eigenvalue weighted by molar-refractivity contribution is -0.116. The molecule has 4 rings (SSSR count). The molecule has 1 aliphatic carbocycles. The number of nitriles is 1. The first-order valence-corrected chi connectivity index (χ1v) is 10.5. The zero-order chi connectivity index (χ0) is 21.1. The van der Waals surface area contributed by atoms with Gasteiger partial charge in [-0.25, -0.2) is 0 Å². The summed E-state index contributed by atoms with van der Waals surface area (Å²) in [5, 5.41) is 23.2. The first-order valence-electron chi connectivity index (χ1n) is 9.34. The number of anilines is 2. The van der Waals surface area contributed by atoms with E-state index in [-0.39, 0.29) is 24.2 Å². The molecule has 1 aromatic carbocycles. The number of carbonyl (C=O) groups excluding carboxylic acids is 2. The molecule has 0 saturated carbocycles. The summed E-state index contributed by atoms with van der Waals surface area (Å²) in [5.74, 6) is -0.573. The van der Waals surface area contributed by atoms with E-state index in [0.717, 1.165) is 36.1 Å². The van der Waals surface area contributed by atoms with Crippen molar-refractivity contribution in [2.75, 3.05) is 10.6 Å². The predicted molar refractivity (Wildman–Crippen MR) is 114 cm³/mol. The maximum absolute atomic E-state index is 13.1. The van der Waals surface area contributed by atoms with Gasteiger partial charge < -0.3 is 10.6 Å². The number of benzene rings is 1. The van der Waals surface area contributed by atoms with Gasteiger partial charge in [-0.3, -0.25) is 14.2 Å². The lowest BCUT2D eigenvalue weighted by Crippen LogP contribution is -2.21. The van der Waals surface area contributed by atoms with E-state index in [1.165, 1.54) is 22.2 Å². The molecular formula is C20H17ClN6O2S. The van der Waals surface area contributed by atoms with E-state index < -0.39 is 0 Å². The van der Waals surface area contributed by atoms with Crippen molar-refractivity contribution in [3.05, 3.63) is 57.4 Å². The SMILES string of the molecule is N#Cc1nncn1CC(=O)Nc1sc2c(c1C(=O)Nc1ccc(Cl)cc1)CCCC2. The van der Waals surface area contributed by atoms with Crippen molar-refractivity contribution in [2.45, 2.75) is 32.2 Å². The lowest BCUT2D eigenvalue weighted by atomic mass is 9.95. The van der Waals surface area contributed by atoms with Crippen LogP contribution in [0.15, 0.2) is 30.6 Å². The van der Waals surface area contributed by atoms with Gasteiger partial charge in [-0.15, -0.1) is 21.5 Å². The molecule has 8 nitrogen and oxygen atoms in total. The number of hydrogen-bond acceptors (Lipinski definition) is 6. The van der Waals surface area contributed by atoms with Crippen molar-refractivity contribution in [3.8, 4) is 6.07 Å². The number of nitrogens with one attached hydrogen (secondary N) is 2. The summed E-state index contributed by atoms with van der Waals surface area (Å²) < 4.78 is 1.36. The number of halogens is 1. The molecule has 2 heterocycles. The van der Waals surface area contributed by atoms with Crippen LogP contribution < -0.4 is 10.6 Å². The van der Waals surface area contributed by atoms with Crippen LogP contribution in [0.4, 0.5) is 10.7 Å². The van der Waals surface area contributed by atoms with Crippen molar-refractivity contribution in [1.82, 2.24) is 14.8 Å². The highest BCUT2D eigenvalue weighted by Crippen LogP contribution is 2.38. The monoisotopic (exact) mass is 440 g/mol. The van der Waals surface area contributed by atoms with E-state index in [9.17, 15) is 9.59 Å². The largest absolute Gasteiger partial charge is 0.322 e. The lowest BCUT2D eigenvalue weighted by Gasteiger charge is -2.13. The van der Waals surface area contributed by atoms with Gasteiger partial charge in [-0.05, 0) is 55.5 Å². The van der Waals surface area contributed by atoms with Crippen molar-refractivity contribution in [1.29, 1.82) is 5.26 Å². The fraction of sp³-hybridized carbons (Fsp3) is 0.250. The van der Waals surface area contributed by atoms with Crippen LogP contribution in [0, 0.1) is 11.3 Å². The highest BCUT2D eigenvalue weighted by atomic mass is 35.5. The summed E-state index contributed by atoms with van der Waals surface area (Å²) in [6.07, 6.45) is 5.08. The number of aryl methyl sites for hydroxylation is 1. The van der Waals surface area contributed by atoms with Crippen LogP contribution in [0.1, 0.15) is 39.5 Å². The molecule has 10 heteroatoms. The number of aromatic nitrogens is 3. The number of thiophene rings is 1. The van der Waals surface area contributed by atoms with E-state index in [1.807, 2.05) is 6.07 Å². The van der Waals surface area contributed by atoms with Crippen LogP contribution in [0.2, 0.25) is 5.02 Å². The highest BCUT2D eigenvalue weighted by molar-refractivity contribution is 7.17. The fourth-order valence-corrected chi connectivity index (χ4v) is 4.83. The molecule has 0 fully saturated rings. The van der Waals surface area contributed by atoms with Crippen LogP contribution in [-0.4, -0.2) is 26.6 Å². The summed E-state index contributed by atoms with van der Waals surface area (Å²) in [7, 11) is 0. The Hall–Kier alpha value is -3.22. The van der Waals surface area contributed by atoms with Crippen molar-refractivity contribution in [2.24, 2.45) is 0 Å². The molecule has 1 aliphatic rings. The van der Waals surface area contributed by atoms with Crippen molar-refractivity contribution < 1.29 is 9.59 Å².